The van der Waals surface area contributed by atoms with Crippen LogP contribution in [0.2, 0.25) is 0 Å². The molecule has 3 N–H and O–H groups in total. The van der Waals surface area contributed by atoms with E-state index < -0.39 is 12.2 Å². The predicted molar refractivity (Wildman–Crippen MR) is 41.0 cm³/mol. The fourth-order valence-corrected chi connectivity index (χ4v) is 1.80. The van der Waals surface area contributed by atoms with Gasteiger partial charge in [-0.15, -0.1) is 0 Å². The highest BCUT2D eigenvalue weighted by molar-refractivity contribution is 4.83. The van der Waals surface area contributed by atoms with E-state index in [1.165, 1.54) is 0 Å². The van der Waals surface area contributed by atoms with Gasteiger partial charge in [0.15, 0.2) is 0 Å². The average molecular weight is 160 g/mol. The van der Waals surface area contributed by atoms with Crippen LogP contribution < -0.4 is 0 Å². The second kappa shape index (κ2) is 3.52. The molecule has 0 aliphatic heterocycles. The summed E-state index contributed by atoms with van der Waals surface area (Å²) in [7, 11) is 0. The Morgan fingerprint density at radius 3 is 2.45 bits per heavy atom. The monoisotopic (exact) mass is 160 g/mol. The average Bonchev–Trinajstić information content (AvgIpc) is 1.96. The Hall–Kier alpha value is -0.120. The summed E-state index contributed by atoms with van der Waals surface area (Å²) in [5.74, 6) is 0.277. The summed E-state index contributed by atoms with van der Waals surface area (Å²) in [5.41, 5.74) is 0. The molecule has 0 aromatic heterocycles. The van der Waals surface area contributed by atoms with Crippen LogP contribution >= 0.6 is 0 Å². The van der Waals surface area contributed by atoms with Crippen LogP contribution in [0.3, 0.4) is 0 Å². The second-order valence-corrected chi connectivity index (χ2v) is 3.58. The number of aliphatic hydroxyl groups is 3. The van der Waals surface area contributed by atoms with Crippen LogP contribution in [-0.2, 0) is 0 Å². The molecule has 0 spiro atoms. The lowest BCUT2D eigenvalue weighted by Gasteiger charge is -2.34. The van der Waals surface area contributed by atoms with Crippen molar-refractivity contribution in [3.8, 4) is 0 Å². The van der Waals surface area contributed by atoms with Crippen molar-refractivity contribution in [2.24, 2.45) is 11.8 Å². The Labute approximate surface area is 66.7 Å². The van der Waals surface area contributed by atoms with Crippen molar-refractivity contribution in [3.63, 3.8) is 0 Å². The molecule has 1 aliphatic rings. The molecule has 0 amide bonds. The lowest BCUT2D eigenvalue weighted by Crippen LogP contribution is -2.41. The van der Waals surface area contributed by atoms with E-state index in [-0.39, 0.29) is 12.5 Å². The normalized spacial score (nSPS) is 45.8. The number of aliphatic hydroxyl groups excluding tert-OH is 3. The molecule has 2 unspecified atom stereocenters. The summed E-state index contributed by atoms with van der Waals surface area (Å²) in [4.78, 5) is 0. The van der Waals surface area contributed by atoms with Gasteiger partial charge in [0.25, 0.3) is 0 Å². The van der Waals surface area contributed by atoms with Gasteiger partial charge in [0, 0.05) is 12.5 Å². The molecule has 11 heavy (non-hydrogen) atoms. The van der Waals surface area contributed by atoms with Crippen LogP contribution in [0.4, 0.5) is 0 Å². The highest BCUT2D eigenvalue weighted by atomic mass is 16.3. The predicted octanol–water partition coefficient (Wildman–Crippen LogP) is -0.253. The fraction of sp³-hybridized carbons (Fsp3) is 1.00. The van der Waals surface area contributed by atoms with Gasteiger partial charge in [-0.2, -0.15) is 0 Å². The Kier molecular flexibility index (Phi) is 2.87. The minimum absolute atomic E-state index is 0.0252. The first-order valence-electron chi connectivity index (χ1n) is 4.12. The van der Waals surface area contributed by atoms with Gasteiger partial charge in [-0.25, -0.2) is 0 Å². The summed E-state index contributed by atoms with van der Waals surface area (Å²) in [6, 6.07) is 0. The maximum atomic E-state index is 9.35. The van der Waals surface area contributed by atoms with Crippen molar-refractivity contribution < 1.29 is 15.3 Å². The Balaban J connectivity index is 2.51. The molecule has 1 aliphatic carbocycles. The Morgan fingerprint density at radius 2 is 1.91 bits per heavy atom. The summed E-state index contributed by atoms with van der Waals surface area (Å²) >= 11 is 0. The molecule has 1 saturated carbocycles. The lowest BCUT2D eigenvalue weighted by atomic mass is 9.79. The zero-order valence-electron chi connectivity index (χ0n) is 6.77. The molecule has 1 fully saturated rings. The van der Waals surface area contributed by atoms with Crippen molar-refractivity contribution >= 4 is 0 Å². The molecule has 0 saturated heterocycles. The van der Waals surface area contributed by atoms with Crippen LogP contribution in [0.5, 0.6) is 0 Å². The molecular formula is C8H16O3. The van der Waals surface area contributed by atoms with Crippen LogP contribution in [-0.4, -0.2) is 34.1 Å². The smallest absolute Gasteiger partial charge is 0.0849 e. The first kappa shape index (κ1) is 8.97. The van der Waals surface area contributed by atoms with Gasteiger partial charge >= 0.3 is 0 Å². The molecule has 66 valence electrons. The van der Waals surface area contributed by atoms with Gasteiger partial charge in [-0.05, 0) is 18.8 Å². The molecule has 0 heterocycles. The zero-order valence-corrected chi connectivity index (χ0v) is 6.77. The van der Waals surface area contributed by atoms with Crippen molar-refractivity contribution in [3.05, 3.63) is 0 Å². The second-order valence-electron chi connectivity index (χ2n) is 3.58. The standard InChI is InChI=1S/C8H16O3/c1-5-2-6(4-9)8(11)7(10)3-5/h5-11H,2-4H2,1H3/t5-,6?,7?,8+/m0/s1. The van der Waals surface area contributed by atoms with Crippen molar-refractivity contribution in [1.29, 1.82) is 0 Å². The van der Waals surface area contributed by atoms with Crippen LogP contribution in [0.25, 0.3) is 0 Å². The minimum atomic E-state index is -0.726. The Morgan fingerprint density at radius 1 is 1.27 bits per heavy atom. The summed E-state index contributed by atoms with van der Waals surface area (Å²) in [6.07, 6.45) is 0.0962. The van der Waals surface area contributed by atoms with E-state index in [1.807, 2.05) is 6.92 Å². The van der Waals surface area contributed by atoms with E-state index >= 15 is 0 Å². The molecule has 4 atom stereocenters. The third kappa shape index (κ3) is 1.92. The van der Waals surface area contributed by atoms with Crippen LogP contribution in [0, 0.1) is 11.8 Å². The summed E-state index contributed by atoms with van der Waals surface area (Å²) in [6.45, 7) is 2.00. The van der Waals surface area contributed by atoms with E-state index in [0.29, 0.717) is 12.3 Å². The van der Waals surface area contributed by atoms with Crippen molar-refractivity contribution in [2.45, 2.75) is 32.0 Å². The highest BCUT2D eigenvalue weighted by Crippen LogP contribution is 2.28. The van der Waals surface area contributed by atoms with Crippen molar-refractivity contribution in [1.82, 2.24) is 0 Å². The topological polar surface area (TPSA) is 60.7 Å². The van der Waals surface area contributed by atoms with Gasteiger partial charge in [-0.1, -0.05) is 6.92 Å². The highest BCUT2D eigenvalue weighted by Gasteiger charge is 2.33. The summed E-state index contributed by atoms with van der Waals surface area (Å²) in [5, 5.41) is 27.5. The molecule has 0 radical (unpaired) electrons. The van der Waals surface area contributed by atoms with Crippen molar-refractivity contribution in [2.75, 3.05) is 6.61 Å². The van der Waals surface area contributed by atoms with Gasteiger partial charge in [0.05, 0.1) is 12.2 Å². The van der Waals surface area contributed by atoms with Gasteiger partial charge in [-0.3, -0.25) is 0 Å². The van der Waals surface area contributed by atoms with E-state index in [1.54, 1.807) is 0 Å². The first-order chi connectivity index (χ1) is 5.15. The van der Waals surface area contributed by atoms with E-state index in [2.05, 4.69) is 0 Å². The van der Waals surface area contributed by atoms with E-state index in [9.17, 15) is 10.2 Å². The maximum Gasteiger partial charge on any atom is 0.0849 e. The summed E-state index contributed by atoms with van der Waals surface area (Å²) < 4.78 is 0. The van der Waals surface area contributed by atoms with Gasteiger partial charge in [0.2, 0.25) is 0 Å². The minimum Gasteiger partial charge on any atom is -0.396 e. The third-order valence-corrected chi connectivity index (χ3v) is 2.46. The first-order valence-corrected chi connectivity index (χ1v) is 4.12. The Bertz CT molecular complexity index is 127. The quantitative estimate of drug-likeness (QED) is 0.495. The lowest BCUT2D eigenvalue weighted by molar-refractivity contribution is -0.0724. The number of hydrogen-bond acceptors (Lipinski definition) is 3. The molecule has 3 heteroatoms. The largest absolute Gasteiger partial charge is 0.396 e. The molecular weight excluding hydrogens is 144 g/mol. The van der Waals surface area contributed by atoms with Crippen LogP contribution in [0.1, 0.15) is 19.8 Å². The van der Waals surface area contributed by atoms with E-state index in [4.69, 9.17) is 5.11 Å². The molecule has 0 aromatic carbocycles. The molecule has 3 nitrogen and oxygen atoms in total. The van der Waals surface area contributed by atoms with Gasteiger partial charge in [0.1, 0.15) is 0 Å². The SMILES string of the molecule is C[C@@H]1CC(O)[C@H](O)C(CO)C1. The molecule has 0 bridgehead atoms. The molecule has 1 rings (SSSR count). The number of hydrogen-bond donors (Lipinski definition) is 3. The zero-order chi connectivity index (χ0) is 8.43. The van der Waals surface area contributed by atoms with Gasteiger partial charge < -0.3 is 15.3 Å². The number of rotatable bonds is 1. The molecule has 0 aromatic rings. The third-order valence-electron chi connectivity index (χ3n) is 2.46. The van der Waals surface area contributed by atoms with Crippen LogP contribution in [0.15, 0.2) is 0 Å². The maximum absolute atomic E-state index is 9.35. The fourth-order valence-electron chi connectivity index (χ4n) is 1.80. The van der Waals surface area contributed by atoms with E-state index in [0.717, 1.165) is 6.42 Å².